The lowest BCUT2D eigenvalue weighted by molar-refractivity contribution is -0.123. The van der Waals surface area contributed by atoms with Crippen molar-refractivity contribution in [1.29, 1.82) is 0 Å². The maximum absolute atomic E-state index is 12.9. The molecule has 0 aromatic heterocycles. The maximum atomic E-state index is 12.9. The third-order valence-electron chi connectivity index (χ3n) is 2.09. The van der Waals surface area contributed by atoms with E-state index in [1.54, 1.807) is 14.0 Å². The van der Waals surface area contributed by atoms with Gasteiger partial charge in [0.25, 0.3) is 0 Å². The zero-order valence-electron chi connectivity index (χ0n) is 8.47. The lowest BCUT2D eigenvalue weighted by Crippen LogP contribution is -2.37. The van der Waals surface area contributed by atoms with Crippen molar-refractivity contribution in [3.05, 3.63) is 35.4 Å². The fourth-order valence-corrected chi connectivity index (χ4v) is 1.16. The first-order valence-electron chi connectivity index (χ1n) is 4.47. The molecule has 1 amide bonds. The minimum atomic E-state index is -0.948. The summed E-state index contributed by atoms with van der Waals surface area (Å²) >= 11 is 0. The highest BCUT2D eigenvalue weighted by Crippen LogP contribution is 2.17. The fraction of sp³-hybridized carbons (Fsp3) is 0.300. The van der Waals surface area contributed by atoms with Crippen LogP contribution in [-0.2, 0) is 4.79 Å². The summed E-state index contributed by atoms with van der Waals surface area (Å²) in [5.41, 5.74) is 5.28. The zero-order valence-corrected chi connectivity index (χ0v) is 8.47. The van der Waals surface area contributed by atoms with Crippen LogP contribution in [0.5, 0.6) is 0 Å². The number of hydrogen-bond donors (Lipinski definition) is 2. The van der Waals surface area contributed by atoms with Crippen LogP contribution in [0.25, 0.3) is 0 Å². The molecule has 82 valence electrons. The van der Waals surface area contributed by atoms with Crippen LogP contribution in [0.1, 0.15) is 18.4 Å². The van der Waals surface area contributed by atoms with Crippen molar-refractivity contribution in [3.8, 4) is 0 Å². The second kappa shape index (κ2) is 4.84. The second-order valence-electron chi connectivity index (χ2n) is 3.13. The highest BCUT2D eigenvalue weighted by atomic mass is 19.2. The van der Waals surface area contributed by atoms with Gasteiger partial charge in [-0.25, -0.2) is 14.2 Å². The smallest absolute Gasteiger partial charge is 0.241 e. The molecule has 1 rings (SSSR count). The minimum absolute atomic E-state index is 0.302. The standard InChI is InChI=1S/C10H12F2N2O/c1-6(10(15)14-13-2)7-3-4-8(11)9(12)5-7/h3-6,13H,1-2H3,(H,14,15). The van der Waals surface area contributed by atoms with Gasteiger partial charge in [-0.3, -0.25) is 10.2 Å². The van der Waals surface area contributed by atoms with Crippen molar-refractivity contribution in [2.75, 3.05) is 7.05 Å². The number of halogens is 2. The first kappa shape index (κ1) is 11.6. The molecule has 0 heterocycles. The van der Waals surface area contributed by atoms with Crippen molar-refractivity contribution < 1.29 is 13.6 Å². The van der Waals surface area contributed by atoms with Gasteiger partial charge in [0.05, 0.1) is 5.92 Å². The molecule has 0 bridgehead atoms. The molecule has 5 heteroatoms. The van der Waals surface area contributed by atoms with E-state index in [2.05, 4.69) is 10.9 Å². The molecule has 0 radical (unpaired) electrons. The Balaban J connectivity index is 2.86. The number of carbonyl (C=O) groups excluding carboxylic acids is 1. The lowest BCUT2D eigenvalue weighted by Gasteiger charge is -2.11. The lowest BCUT2D eigenvalue weighted by atomic mass is 10.0. The van der Waals surface area contributed by atoms with Gasteiger partial charge in [0, 0.05) is 7.05 Å². The quantitative estimate of drug-likeness (QED) is 0.745. The van der Waals surface area contributed by atoms with E-state index in [0.717, 1.165) is 12.1 Å². The van der Waals surface area contributed by atoms with Crippen molar-refractivity contribution in [2.24, 2.45) is 0 Å². The molecule has 0 aliphatic carbocycles. The fourth-order valence-electron chi connectivity index (χ4n) is 1.16. The summed E-state index contributed by atoms with van der Waals surface area (Å²) in [7, 11) is 1.55. The number of hydrazine groups is 1. The Labute approximate surface area is 86.5 Å². The van der Waals surface area contributed by atoms with Crippen molar-refractivity contribution in [3.63, 3.8) is 0 Å². The second-order valence-corrected chi connectivity index (χ2v) is 3.13. The van der Waals surface area contributed by atoms with Gasteiger partial charge in [-0.2, -0.15) is 0 Å². The van der Waals surface area contributed by atoms with E-state index in [0.29, 0.717) is 5.56 Å². The molecule has 0 aliphatic rings. The molecular weight excluding hydrogens is 202 g/mol. The molecule has 0 fully saturated rings. The molecule has 0 saturated heterocycles. The first-order valence-corrected chi connectivity index (χ1v) is 4.47. The monoisotopic (exact) mass is 214 g/mol. The highest BCUT2D eigenvalue weighted by molar-refractivity contribution is 5.82. The van der Waals surface area contributed by atoms with E-state index in [9.17, 15) is 13.6 Å². The predicted octanol–water partition coefficient (Wildman–Crippen LogP) is 1.32. The molecule has 1 aromatic carbocycles. The van der Waals surface area contributed by atoms with E-state index < -0.39 is 17.6 Å². The van der Waals surface area contributed by atoms with Crippen LogP contribution in [0.3, 0.4) is 0 Å². The average molecular weight is 214 g/mol. The number of hydrogen-bond acceptors (Lipinski definition) is 2. The van der Waals surface area contributed by atoms with Crippen LogP contribution < -0.4 is 10.9 Å². The Hall–Kier alpha value is -1.49. The van der Waals surface area contributed by atoms with Crippen molar-refractivity contribution in [2.45, 2.75) is 12.8 Å². The summed E-state index contributed by atoms with van der Waals surface area (Å²) in [6, 6.07) is 3.42. The minimum Gasteiger partial charge on any atom is -0.291 e. The number of carbonyl (C=O) groups is 1. The first-order chi connectivity index (χ1) is 7.06. The SMILES string of the molecule is CNNC(=O)C(C)c1ccc(F)c(F)c1. The van der Waals surface area contributed by atoms with Crippen LogP contribution in [-0.4, -0.2) is 13.0 Å². The highest BCUT2D eigenvalue weighted by Gasteiger charge is 2.15. The van der Waals surface area contributed by atoms with Gasteiger partial charge >= 0.3 is 0 Å². The molecule has 15 heavy (non-hydrogen) atoms. The van der Waals surface area contributed by atoms with Gasteiger partial charge in [0.1, 0.15) is 0 Å². The van der Waals surface area contributed by atoms with E-state index in [4.69, 9.17) is 0 Å². The van der Waals surface area contributed by atoms with Crippen LogP contribution >= 0.6 is 0 Å². The van der Waals surface area contributed by atoms with E-state index >= 15 is 0 Å². The Bertz CT molecular complexity index is 368. The largest absolute Gasteiger partial charge is 0.291 e. The van der Waals surface area contributed by atoms with Gasteiger partial charge in [-0.15, -0.1) is 0 Å². The molecule has 0 spiro atoms. The third-order valence-corrected chi connectivity index (χ3v) is 2.09. The molecule has 0 saturated carbocycles. The van der Waals surface area contributed by atoms with Crippen molar-refractivity contribution in [1.82, 2.24) is 10.9 Å². The van der Waals surface area contributed by atoms with E-state index in [1.165, 1.54) is 6.07 Å². The van der Waals surface area contributed by atoms with Crippen LogP contribution in [0.2, 0.25) is 0 Å². The Kier molecular flexibility index (Phi) is 3.74. The summed E-state index contributed by atoms with van der Waals surface area (Å²) < 4.78 is 25.5. The van der Waals surface area contributed by atoms with E-state index in [-0.39, 0.29) is 5.91 Å². The molecule has 1 aromatic rings. The van der Waals surface area contributed by atoms with Crippen LogP contribution in [0, 0.1) is 11.6 Å². The van der Waals surface area contributed by atoms with Gasteiger partial charge < -0.3 is 0 Å². The third kappa shape index (κ3) is 2.73. The van der Waals surface area contributed by atoms with Crippen molar-refractivity contribution >= 4 is 5.91 Å². The summed E-state index contributed by atoms with van der Waals surface area (Å²) in [5, 5.41) is 0. The number of rotatable bonds is 3. The maximum Gasteiger partial charge on any atom is 0.241 e. The van der Waals surface area contributed by atoms with E-state index in [1.807, 2.05) is 0 Å². The molecule has 1 unspecified atom stereocenters. The normalized spacial score (nSPS) is 12.3. The van der Waals surface area contributed by atoms with Gasteiger partial charge in [0.15, 0.2) is 11.6 Å². The van der Waals surface area contributed by atoms with Gasteiger partial charge in [-0.1, -0.05) is 6.07 Å². The summed E-state index contributed by atoms with van der Waals surface area (Å²) in [6.07, 6.45) is 0. The summed E-state index contributed by atoms with van der Waals surface area (Å²) in [4.78, 5) is 11.3. The summed E-state index contributed by atoms with van der Waals surface area (Å²) in [6.45, 7) is 1.61. The number of amides is 1. The Morgan fingerprint density at radius 1 is 1.33 bits per heavy atom. The number of nitrogens with one attached hydrogen (secondary N) is 2. The van der Waals surface area contributed by atoms with Crippen LogP contribution in [0.4, 0.5) is 8.78 Å². The molecule has 3 nitrogen and oxygen atoms in total. The Morgan fingerprint density at radius 3 is 2.53 bits per heavy atom. The average Bonchev–Trinajstić information content (AvgIpc) is 2.21. The molecule has 0 aliphatic heterocycles. The predicted molar refractivity (Wildman–Crippen MR) is 52.0 cm³/mol. The van der Waals surface area contributed by atoms with Gasteiger partial charge in [-0.05, 0) is 24.6 Å². The summed E-state index contributed by atoms with van der Waals surface area (Å²) in [5.74, 6) is -2.70. The Morgan fingerprint density at radius 2 is 2.00 bits per heavy atom. The molecule has 2 N–H and O–H groups in total. The topological polar surface area (TPSA) is 41.1 Å². The zero-order chi connectivity index (χ0) is 11.4. The molecule has 1 atom stereocenters. The van der Waals surface area contributed by atoms with Crippen LogP contribution in [0.15, 0.2) is 18.2 Å². The number of benzene rings is 1. The molecular formula is C10H12F2N2O. The van der Waals surface area contributed by atoms with Gasteiger partial charge in [0.2, 0.25) is 5.91 Å².